The molecule has 9 heteroatoms. The molecule has 0 unspecified atom stereocenters. The van der Waals surface area contributed by atoms with E-state index in [0.717, 1.165) is 71.3 Å². The third-order valence-electron chi connectivity index (χ3n) is 5.74. The first kappa shape index (κ1) is 21.6. The number of fused-ring (bicyclic) bond motifs is 2. The van der Waals surface area contributed by atoms with E-state index in [1.807, 2.05) is 61.0 Å². The minimum Gasteiger partial charge on any atom is -0.454 e. The van der Waals surface area contributed by atoms with Crippen LogP contribution >= 0.6 is 11.6 Å². The van der Waals surface area contributed by atoms with Crippen molar-refractivity contribution in [3.8, 4) is 22.8 Å². The number of hydrogen-bond donors (Lipinski definition) is 1. The van der Waals surface area contributed by atoms with Crippen LogP contribution in [0.4, 0.5) is 5.82 Å². The van der Waals surface area contributed by atoms with Crippen molar-refractivity contribution in [1.29, 1.82) is 0 Å². The first-order valence-corrected chi connectivity index (χ1v) is 11.4. The second-order valence-electron chi connectivity index (χ2n) is 8.24. The number of rotatable bonds is 8. The van der Waals surface area contributed by atoms with Gasteiger partial charge in [0.05, 0.1) is 5.69 Å². The zero-order valence-electron chi connectivity index (χ0n) is 18.7. The molecule has 3 heterocycles. The fraction of sp³-hybridized carbons (Fsp3) is 0.250. The van der Waals surface area contributed by atoms with Crippen LogP contribution in [0, 0.1) is 0 Å². The van der Waals surface area contributed by atoms with Crippen molar-refractivity contribution in [3.05, 3.63) is 65.3 Å². The van der Waals surface area contributed by atoms with Gasteiger partial charge in [0, 0.05) is 41.5 Å². The Labute approximate surface area is 198 Å². The summed E-state index contributed by atoms with van der Waals surface area (Å²) in [5, 5.41) is 8.72. The molecule has 5 rings (SSSR count). The fourth-order valence-corrected chi connectivity index (χ4v) is 4.29. The fourth-order valence-electron chi connectivity index (χ4n) is 4.06. The van der Waals surface area contributed by atoms with Gasteiger partial charge in [-0.3, -0.25) is 0 Å². The predicted octanol–water partition coefficient (Wildman–Crippen LogP) is 2.97. The number of para-hydroxylation sites is 1. The van der Waals surface area contributed by atoms with E-state index in [2.05, 4.69) is 28.4 Å². The Morgan fingerprint density at radius 3 is 2.94 bits per heavy atom. The molecule has 0 radical (unpaired) electrons. The van der Waals surface area contributed by atoms with Gasteiger partial charge in [-0.2, -0.15) is 9.61 Å². The molecule has 2 aromatic carbocycles. The second-order valence-corrected chi connectivity index (χ2v) is 8.65. The number of benzene rings is 2. The van der Waals surface area contributed by atoms with Crippen molar-refractivity contribution in [2.24, 2.45) is 0 Å². The molecule has 2 aromatic heterocycles. The van der Waals surface area contributed by atoms with Crippen LogP contribution in [0.25, 0.3) is 16.9 Å². The van der Waals surface area contributed by atoms with Crippen molar-refractivity contribution < 1.29 is 9.47 Å². The quantitative estimate of drug-likeness (QED) is 0.321. The number of aromatic nitrogens is 3. The Balaban J connectivity index is 1.25. The van der Waals surface area contributed by atoms with Crippen molar-refractivity contribution in [2.45, 2.75) is 13.0 Å². The van der Waals surface area contributed by atoms with Gasteiger partial charge in [-0.1, -0.05) is 41.9 Å². The minimum atomic E-state index is 0.295. The summed E-state index contributed by atoms with van der Waals surface area (Å²) in [6, 6.07) is 15.8. The Morgan fingerprint density at radius 1 is 1.18 bits per heavy atom. The lowest BCUT2D eigenvalue weighted by atomic mass is 10.0. The van der Waals surface area contributed by atoms with E-state index in [-0.39, 0.29) is 0 Å². The van der Waals surface area contributed by atoms with Crippen LogP contribution in [0.3, 0.4) is 0 Å². The molecule has 0 fully saturated rings. The summed E-state index contributed by atoms with van der Waals surface area (Å²) in [5.41, 5.74) is 4.73. The molecule has 0 aliphatic carbocycles. The third-order valence-corrected chi connectivity index (χ3v) is 6.07. The molecule has 4 aromatic rings. The lowest BCUT2D eigenvalue weighted by Gasteiger charge is -2.18. The average molecular weight is 462 g/mol. The monoisotopic (exact) mass is 461 g/mol. The number of nitrogens with zero attached hydrogens (tertiary/aromatic N) is 4. The summed E-state index contributed by atoms with van der Waals surface area (Å²) in [5.74, 6) is 2.59. The van der Waals surface area contributed by atoms with Gasteiger partial charge >= 0.3 is 0 Å². The molecule has 0 atom stereocenters. The van der Waals surface area contributed by atoms with Crippen molar-refractivity contribution in [3.63, 3.8) is 0 Å². The standard InChI is InChI=1S/C24H25BClN5O2/c1-30(14-16-6-4-9-21-23(16)33-15-32-21)11-5-10-27-22-12-20(17-7-2-3-8-19(17)26)29-24-18(25)13-28-31(22)24/h2-4,6-9,12-13,27H,5,10-11,14-15,25H2,1H3. The van der Waals surface area contributed by atoms with E-state index in [0.29, 0.717) is 11.8 Å². The summed E-state index contributed by atoms with van der Waals surface area (Å²) < 4.78 is 13.0. The number of halogens is 1. The van der Waals surface area contributed by atoms with Crippen LogP contribution in [-0.4, -0.2) is 54.3 Å². The number of hydrogen-bond acceptors (Lipinski definition) is 6. The number of nitrogens with one attached hydrogen (secondary N) is 1. The minimum absolute atomic E-state index is 0.295. The van der Waals surface area contributed by atoms with E-state index >= 15 is 0 Å². The summed E-state index contributed by atoms with van der Waals surface area (Å²) >= 11 is 6.43. The van der Waals surface area contributed by atoms with Crippen LogP contribution in [0.5, 0.6) is 11.5 Å². The van der Waals surface area contributed by atoms with Crippen LogP contribution in [0.15, 0.2) is 54.7 Å². The van der Waals surface area contributed by atoms with Crippen molar-refractivity contribution in [1.82, 2.24) is 19.5 Å². The molecule has 168 valence electrons. The van der Waals surface area contributed by atoms with Gasteiger partial charge < -0.3 is 19.7 Å². The second kappa shape index (κ2) is 9.33. The van der Waals surface area contributed by atoms with Crippen molar-refractivity contribution >= 4 is 36.4 Å². The summed E-state index contributed by atoms with van der Waals surface area (Å²) in [6.07, 6.45) is 2.80. The summed E-state index contributed by atoms with van der Waals surface area (Å²) in [4.78, 5) is 7.09. The highest BCUT2D eigenvalue weighted by Gasteiger charge is 2.18. The topological polar surface area (TPSA) is 63.9 Å². The zero-order valence-corrected chi connectivity index (χ0v) is 19.5. The summed E-state index contributed by atoms with van der Waals surface area (Å²) in [6.45, 7) is 2.84. The molecular formula is C24H25BClN5O2. The zero-order chi connectivity index (χ0) is 22.8. The summed E-state index contributed by atoms with van der Waals surface area (Å²) in [7, 11) is 4.13. The van der Waals surface area contributed by atoms with Crippen LogP contribution in [0.1, 0.15) is 12.0 Å². The van der Waals surface area contributed by atoms with E-state index in [1.54, 1.807) is 0 Å². The lowest BCUT2D eigenvalue weighted by molar-refractivity contribution is 0.172. The van der Waals surface area contributed by atoms with Gasteiger partial charge in [-0.05, 0) is 37.6 Å². The van der Waals surface area contributed by atoms with Gasteiger partial charge in [0.2, 0.25) is 6.79 Å². The van der Waals surface area contributed by atoms with E-state index in [9.17, 15) is 0 Å². The van der Waals surface area contributed by atoms with Crippen LogP contribution < -0.4 is 20.3 Å². The van der Waals surface area contributed by atoms with Crippen LogP contribution in [-0.2, 0) is 6.54 Å². The smallest absolute Gasteiger partial charge is 0.231 e. The maximum Gasteiger partial charge on any atom is 0.231 e. The molecule has 1 aliphatic heterocycles. The molecular weight excluding hydrogens is 437 g/mol. The first-order valence-electron chi connectivity index (χ1n) is 11.0. The largest absolute Gasteiger partial charge is 0.454 e. The maximum absolute atomic E-state index is 6.43. The highest BCUT2D eigenvalue weighted by atomic mass is 35.5. The maximum atomic E-state index is 6.43. The molecule has 33 heavy (non-hydrogen) atoms. The molecule has 1 aliphatic rings. The highest BCUT2D eigenvalue weighted by molar-refractivity contribution is 6.36. The molecule has 0 spiro atoms. The number of ether oxygens (including phenoxy) is 2. The Kier molecular flexibility index (Phi) is 6.11. The van der Waals surface area contributed by atoms with Crippen molar-refractivity contribution in [2.75, 3.05) is 32.2 Å². The van der Waals surface area contributed by atoms with Gasteiger partial charge in [0.1, 0.15) is 13.7 Å². The van der Waals surface area contributed by atoms with Gasteiger partial charge in [-0.25, -0.2) is 4.98 Å². The number of anilines is 1. The molecule has 0 amide bonds. The molecule has 0 bridgehead atoms. The Bertz CT molecular complexity index is 1300. The first-order chi connectivity index (χ1) is 16.1. The molecule has 0 saturated heterocycles. The molecule has 1 N–H and O–H groups in total. The van der Waals surface area contributed by atoms with E-state index in [1.165, 1.54) is 0 Å². The van der Waals surface area contributed by atoms with Gasteiger partial charge in [0.15, 0.2) is 17.1 Å². The Hall–Kier alpha value is -3.23. The SMILES string of the molecule is Bc1cnn2c(NCCCN(C)Cc3cccc4c3OCO4)cc(-c3ccccc3Cl)nc12. The Morgan fingerprint density at radius 2 is 2.06 bits per heavy atom. The van der Waals surface area contributed by atoms with E-state index in [4.69, 9.17) is 26.1 Å². The molecule has 7 nitrogen and oxygen atoms in total. The third kappa shape index (κ3) is 4.49. The van der Waals surface area contributed by atoms with Crippen LogP contribution in [0.2, 0.25) is 5.02 Å². The van der Waals surface area contributed by atoms with E-state index < -0.39 is 0 Å². The lowest BCUT2D eigenvalue weighted by Crippen LogP contribution is -2.22. The normalized spacial score (nSPS) is 12.6. The average Bonchev–Trinajstić information content (AvgIpc) is 3.44. The van der Waals surface area contributed by atoms with Gasteiger partial charge in [0.25, 0.3) is 0 Å². The highest BCUT2D eigenvalue weighted by Crippen LogP contribution is 2.35. The molecule has 0 saturated carbocycles. The van der Waals surface area contributed by atoms with Gasteiger partial charge in [-0.15, -0.1) is 0 Å². The predicted molar refractivity (Wildman–Crippen MR) is 134 cm³/mol.